The maximum absolute atomic E-state index is 12.2. The van der Waals surface area contributed by atoms with Crippen LogP contribution in [0.4, 0.5) is 5.69 Å². The molecule has 6 heteroatoms. The summed E-state index contributed by atoms with van der Waals surface area (Å²) in [5.74, 6) is -1.04. The molecule has 1 aliphatic heterocycles. The van der Waals surface area contributed by atoms with Crippen molar-refractivity contribution in [3.63, 3.8) is 0 Å². The van der Waals surface area contributed by atoms with Crippen LogP contribution in [0, 0.1) is 0 Å². The molecule has 1 heterocycles. The van der Waals surface area contributed by atoms with Crippen molar-refractivity contribution in [2.24, 2.45) is 0 Å². The van der Waals surface area contributed by atoms with Gasteiger partial charge < -0.3 is 20.6 Å². The second-order valence-electron chi connectivity index (χ2n) is 5.17. The van der Waals surface area contributed by atoms with E-state index >= 15 is 0 Å². The van der Waals surface area contributed by atoms with E-state index in [9.17, 15) is 14.7 Å². The summed E-state index contributed by atoms with van der Waals surface area (Å²) in [5, 5.41) is 17.0. The minimum absolute atomic E-state index is 0.141. The van der Waals surface area contributed by atoms with E-state index in [2.05, 4.69) is 10.6 Å². The smallest absolute Gasteiger partial charge is 0.313 e. The van der Waals surface area contributed by atoms with Gasteiger partial charge in [-0.25, -0.2) is 0 Å². The number of anilines is 1. The van der Waals surface area contributed by atoms with Crippen LogP contribution in [-0.4, -0.2) is 48.0 Å². The van der Waals surface area contributed by atoms with Crippen LogP contribution in [0.1, 0.15) is 0 Å². The maximum Gasteiger partial charge on any atom is 0.313 e. The molecule has 0 bridgehead atoms. The molecule has 1 aliphatic rings. The summed E-state index contributed by atoms with van der Waals surface area (Å²) in [7, 11) is 0. The van der Waals surface area contributed by atoms with Gasteiger partial charge in [0, 0.05) is 42.6 Å². The summed E-state index contributed by atoms with van der Waals surface area (Å²) in [6, 6.07) is 10.3. The summed E-state index contributed by atoms with van der Waals surface area (Å²) in [4.78, 5) is 25.8. The zero-order chi connectivity index (χ0) is 15.5. The molecule has 3 rings (SSSR count). The molecule has 22 heavy (non-hydrogen) atoms. The highest BCUT2D eigenvalue weighted by atomic mass is 16.3. The topological polar surface area (TPSA) is 81.7 Å². The van der Waals surface area contributed by atoms with Crippen molar-refractivity contribution in [2.75, 3.05) is 31.5 Å². The van der Waals surface area contributed by atoms with Gasteiger partial charge in [0.05, 0.1) is 0 Å². The van der Waals surface area contributed by atoms with Crippen LogP contribution < -0.4 is 10.6 Å². The van der Waals surface area contributed by atoms with Crippen molar-refractivity contribution >= 4 is 28.3 Å². The molecule has 2 aromatic carbocycles. The number of carbonyl (C=O) groups excluding carboxylic acids is 2. The predicted octanol–water partition coefficient (Wildman–Crippen LogP) is 0.916. The second-order valence-corrected chi connectivity index (χ2v) is 5.17. The predicted molar refractivity (Wildman–Crippen MR) is 83.7 cm³/mol. The van der Waals surface area contributed by atoms with Gasteiger partial charge in [0.1, 0.15) is 5.75 Å². The Kier molecular flexibility index (Phi) is 3.93. The van der Waals surface area contributed by atoms with Gasteiger partial charge in [0.15, 0.2) is 0 Å². The van der Waals surface area contributed by atoms with Crippen LogP contribution in [0.5, 0.6) is 5.75 Å². The summed E-state index contributed by atoms with van der Waals surface area (Å²) >= 11 is 0. The zero-order valence-corrected chi connectivity index (χ0v) is 12.0. The average Bonchev–Trinajstić information content (AvgIpc) is 2.56. The van der Waals surface area contributed by atoms with Gasteiger partial charge in [-0.3, -0.25) is 9.59 Å². The molecule has 0 radical (unpaired) electrons. The zero-order valence-electron chi connectivity index (χ0n) is 12.0. The number of nitrogens with zero attached hydrogens (tertiary/aromatic N) is 1. The first-order valence-corrected chi connectivity index (χ1v) is 7.18. The molecular formula is C16H17N3O3. The van der Waals surface area contributed by atoms with E-state index in [-0.39, 0.29) is 5.75 Å². The molecule has 1 fully saturated rings. The van der Waals surface area contributed by atoms with Crippen LogP contribution in [0.2, 0.25) is 0 Å². The SMILES string of the molecule is O=C(Nc1cccc2c(O)cccc12)C(=O)N1CCNCC1. The Labute approximate surface area is 127 Å². The fourth-order valence-electron chi connectivity index (χ4n) is 2.59. The van der Waals surface area contributed by atoms with Crippen LogP contribution in [0.3, 0.4) is 0 Å². The molecule has 0 spiro atoms. The van der Waals surface area contributed by atoms with E-state index in [1.165, 1.54) is 4.90 Å². The second kappa shape index (κ2) is 6.03. The highest BCUT2D eigenvalue weighted by Crippen LogP contribution is 2.29. The molecular weight excluding hydrogens is 282 g/mol. The van der Waals surface area contributed by atoms with Gasteiger partial charge in [-0.2, -0.15) is 0 Å². The highest BCUT2D eigenvalue weighted by molar-refractivity contribution is 6.40. The lowest BCUT2D eigenvalue weighted by Gasteiger charge is -2.26. The number of amides is 2. The Hall–Kier alpha value is -2.60. The van der Waals surface area contributed by atoms with Crippen molar-refractivity contribution in [3.8, 4) is 5.75 Å². The highest BCUT2D eigenvalue weighted by Gasteiger charge is 2.23. The number of hydrogen-bond acceptors (Lipinski definition) is 4. The molecule has 0 aromatic heterocycles. The van der Waals surface area contributed by atoms with Gasteiger partial charge in [0.2, 0.25) is 0 Å². The Balaban J connectivity index is 1.82. The number of aromatic hydroxyl groups is 1. The third-order valence-electron chi connectivity index (χ3n) is 3.75. The summed E-state index contributed by atoms with van der Waals surface area (Å²) in [6.07, 6.45) is 0. The fraction of sp³-hybridized carbons (Fsp3) is 0.250. The van der Waals surface area contributed by atoms with Crippen LogP contribution in [0.15, 0.2) is 36.4 Å². The number of piperazine rings is 1. The molecule has 0 unspecified atom stereocenters. The minimum atomic E-state index is -0.655. The van der Waals surface area contributed by atoms with Gasteiger partial charge in [-0.05, 0) is 12.1 Å². The lowest BCUT2D eigenvalue weighted by atomic mass is 10.1. The molecule has 3 N–H and O–H groups in total. The number of hydrogen-bond donors (Lipinski definition) is 3. The number of phenols is 1. The summed E-state index contributed by atoms with van der Waals surface area (Å²) in [6.45, 7) is 2.45. The van der Waals surface area contributed by atoms with Gasteiger partial charge in [-0.15, -0.1) is 0 Å². The van der Waals surface area contributed by atoms with Crippen molar-refractivity contribution < 1.29 is 14.7 Å². The molecule has 114 valence electrons. The number of nitrogens with one attached hydrogen (secondary N) is 2. The molecule has 6 nitrogen and oxygen atoms in total. The van der Waals surface area contributed by atoms with Crippen molar-refractivity contribution in [3.05, 3.63) is 36.4 Å². The standard InChI is InChI=1S/C16H17N3O3/c20-14-6-2-3-11-12(14)4-1-5-13(11)18-15(21)16(22)19-9-7-17-8-10-19/h1-6,17,20H,7-10H2,(H,18,21). The van der Waals surface area contributed by atoms with Crippen LogP contribution in [-0.2, 0) is 9.59 Å². The Morgan fingerprint density at radius 2 is 1.73 bits per heavy atom. The lowest BCUT2D eigenvalue weighted by molar-refractivity contribution is -0.143. The Morgan fingerprint density at radius 1 is 1.05 bits per heavy atom. The first-order chi connectivity index (χ1) is 10.7. The van der Waals surface area contributed by atoms with Crippen LogP contribution >= 0.6 is 0 Å². The van der Waals surface area contributed by atoms with Gasteiger partial charge in [-0.1, -0.05) is 24.3 Å². The van der Waals surface area contributed by atoms with E-state index in [1.54, 1.807) is 36.4 Å². The number of rotatable bonds is 1. The fourth-order valence-corrected chi connectivity index (χ4v) is 2.59. The van der Waals surface area contributed by atoms with E-state index in [0.717, 1.165) is 0 Å². The van der Waals surface area contributed by atoms with E-state index in [0.29, 0.717) is 42.6 Å². The summed E-state index contributed by atoms with van der Waals surface area (Å²) in [5.41, 5.74) is 0.516. The van der Waals surface area contributed by atoms with Crippen molar-refractivity contribution in [1.29, 1.82) is 0 Å². The Bertz CT molecular complexity index is 724. The number of benzene rings is 2. The van der Waals surface area contributed by atoms with Crippen LogP contribution in [0.25, 0.3) is 10.8 Å². The van der Waals surface area contributed by atoms with Gasteiger partial charge in [0.25, 0.3) is 0 Å². The summed E-state index contributed by atoms with van der Waals surface area (Å²) < 4.78 is 0. The number of phenolic OH excluding ortho intramolecular Hbond substituents is 1. The Morgan fingerprint density at radius 3 is 2.50 bits per heavy atom. The maximum atomic E-state index is 12.2. The van der Waals surface area contributed by atoms with E-state index in [4.69, 9.17) is 0 Å². The molecule has 0 atom stereocenters. The van der Waals surface area contributed by atoms with Crippen molar-refractivity contribution in [1.82, 2.24) is 10.2 Å². The molecule has 0 aliphatic carbocycles. The lowest BCUT2D eigenvalue weighted by Crippen LogP contribution is -2.49. The minimum Gasteiger partial charge on any atom is -0.507 e. The van der Waals surface area contributed by atoms with E-state index in [1.807, 2.05) is 0 Å². The van der Waals surface area contributed by atoms with Crippen molar-refractivity contribution in [2.45, 2.75) is 0 Å². The third-order valence-corrected chi connectivity index (χ3v) is 3.75. The first-order valence-electron chi connectivity index (χ1n) is 7.18. The largest absolute Gasteiger partial charge is 0.507 e. The monoisotopic (exact) mass is 299 g/mol. The first kappa shape index (κ1) is 14.3. The third kappa shape index (κ3) is 2.73. The molecule has 2 amide bonds. The number of fused-ring (bicyclic) bond motifs is 1. The molecule has 2 aromatic rings. The van der Waals surface area contributed by atoms with Gasteiger partial charge >= 0.3 is 11.8 Å². The average molecular weight is 299 g/mol. The quantitative estimate of drug-likeness (QED) is 0.684. The molecule has 1 saturated heterocycles. The molecule has 0 saturated carbocycles. The normalized spacial score (nSPS) is 14.8. The van der Waals surface area contributed by atoms with E-state index < -0.39 is 11.8 Å². The number of carbonyl (C=O) groups is 2.